The molecule has 1 aliphatic heterocycles. The van der Waals surface area contributed by atoms with Crippen LogP contribution in [0.3, 0.4) is 0 Å². The molecule has 4 rings (SSSR count). The molecule has 3 nitrogen and oxygen atoms in total. The molecule has 2 aliphatic carbocycles. The first-order valence-electron chi connectivity index (χ1n) is 8.84. The summed E-state index contributed by atoms with van der Waals surface area (Å²) in [5.74, 6) is 0.684. The van der Waals surface area contributed by atoms with E-state index < -0.39 is 0 Å². The van der Waals surface area contributed by atoms with Crippen molar-refractivity contribution < 1.29 is 9.18 Å². The molecule has 132 valence electrons. The number of hydrogen-bond acceptors (Lipinski definition) is 2. The fraction of sp³-hybridized carbons (Fsp3) is 0.632. The van der Waals surface area contributed by atoms with E-state index in [1.807, 2.05) is 0 Å². The molecular weight excluding hydrogens is 327 g/mol. The van der Waals surface area contributed by atoms with Crippen LogP contribution in [0, 0.1) is 17.2 Å². The van der Waals surface area contributed by atoms with Crippen molar-refractivity contribution in [3.63, 3.8) is 0 Å². The maximum absolute atomic E-state index is 13.0. The first-order chi connectivity index (χ1) is 11.0. The zero-order chi connectivity index (χ0) is 16.1. The molecule has 1 aromatic rings. The first kappa shape index (κ1) is 17.7. The normalized spacial score (nSPS) is 24.2. The van der Waals surface area contributed by atoms with Gasteiger partial charge in [0.1, 0.15) is 5.82 Å². The third kappa shape index (κ3) is 3.31. The Balaban J connectivity index is 0.00000169. The fourth-order valence-corrected chi connectivity index (χ4v) is 4.16. The van der Waals surface area contributed by atoms with E-state index in [0.717, 1.165) is 63.6 Å². The van der Waals surface area contributed by atoms with Gasteiger partial charge in [-0.2, -0.15) is 0 Å². The lowest BCUT2D eigenvalue weighted by Crippen LogP contribution is -2.47. The van der Waals surface area contributed by atoms with E-state index >= 15 is 0 Å². The largest absolute Gasteiger partial charge is 0.342 e. The highest BCUT2D eigenvalue weighted by molar-refractivity contribution is 5.86. The summed E-state index contributed by atoms with van der Waals surface area (Å²) in [6.45, 7) is 1.71. The Labute approximate surface area is 149 Å². The van der Waals surface area contributed by atoms with E-state index in [9.17, 15) is 9.18 Å². The minimum absolute atomic E-state index is 0. The van der Waals surface area contributed by atoms with Crippen LogP contribution < -0.4 is 5.73 Å². The highest BCUT2D eigenvalue weighted by Gasteiger charge is 2.53. The Morgan fingerprint density at radius 1 is 1.12 bits per heavy atom. The lowest BCUT2D eigenvalue weighted by atomic mass is 9.86. The van der Waals surface area contributed by atoms with E-state index in [2.05, 4.69) is 4.90 Å². The van der Waals surface area contributed by atoms with Gasteiger partial charge in [0, 0.05) is 18.6 Å². The predicted octanol–water partition coefficient (Wildman–Crippen LogP) is 3.30. The van der Waals surface area contributed by atoms with Crippen molar-refractivity contribution in [2.75, 3.05) is 13.1 Å². The molecule has 3 aliphatic rings. The summed E-state index contributed by atoms with van der Waals surface area (Å²) in [6, 6.07) is 6.58. The number of carbonyl (C=O) groups is 1. The molecule has 1 heterocycles. The van der Waals surface area contributed by atoms with E-state index in [0.29, 0.717) is 11.8 Å². The van der Waals surface area contributed by atoms with Crippen LogP contribution in [-0.2, 0) is 11.2 Å². The summed E-state index contributed by atoms with van der Waals surface area (Å²) >= 11 is 0. The smallest absolute Gasteiger partial charge is 0.229 e. The molecule has 1 saturated heterocycles. The molecular formula is C19H26ClFN2O. The van der Waals surface area contributed by atoms with Crippen molar-refractivity contribution in [3.8, 4) is 0 Å². The maximum atomic E-state index is 13.0. The van der Waals surface area contributed by atoms with Crippen molar-refractivity contribution in [2.45, 2.75) is 50.5 Å². The highest BCUT2D eigenvalue weighted by Crippen LogP contribution is 2.51. The number of amides is 1. The van der Waals surface area contributed by atoms with Gasteiger partial charge in [-0.15, -0.1) is 12.4 Å². The van der Waals surface area contributed by atoms with Crippen LogP contribution in [0.25, 0.3) is 0 Å². The summed E-state index contributed by atoms with van der Waals surface area (Å²) < 4.78 is 13.0. The number of hydrogen-bond donors (Lipinski definition) is 1. The van der Waals surface area contributed by atoms with Crippen molar-refractivity contribution in [1.29, 1.82) is 0 Å². The molecule has 1 amide bonds. The van der Waals surface area contributed by atoms with Gasteiger partial charge in [0.25, 0.3) is 0 Å². The molecule has 0 radical (unpaired) electrons. The molecule has 3 fully saturated rings. The van der Waals surface area contributed by atoms with Crippen molar-refractivity contribution in [3.05, 3.63) is 35.6 Å². The number of nitrogens with two attached hydrogens (primary N) is 1. The van der Waals surface area contributed by atoms with Gasteiger partial charge in [0.05, 0.1) is 5.41 Å². The molecule has 2 saturated carbocycles. The zero-order valence-electron chi connectivity index (χ0n) is 14.0. The van der Waals surface area contributed by atoms with Crippen molar-refractivity contribution in [1.82, 2.24) is 4.90 Å². The molecule has 0 unspecified atom stereocenters. The highest BCUT2D eigenvalue weighted by atomic mass is 35.5. The third-order valence-corrected chi connectivity index (χ3v) is 6.19. The zero-order valence-corrected chi connectivity index (χ0v) is 14.8. The van der Waals surface area contributed by atoms with Gasteiger partial charge in [-0.05, 0) is 68.6 Å². The second kappa shape index (κ2) is 6.30. The van der Waals surface area contributed by atoms with Gasteiger partial charge in [0.15, 0.2) is 0 Å². The second-order valence-electron chi connectivity index (χ2n) is 7.88. The Morgan fingerprint density at radius 3 is 2.21 bits per heavy atom. The summed E-state index contributed by atoms with van der Waals surface area (Å²) in [6.07, 6.45) is 7.07. The topological polar surface area (TPSA) is 46.3 Å². The predicted molar refractivity (Wildman–Crippen MR) is 94.5 cm³/mol. The van der Waals surface area contributed by atoms with Crippen molar-refractivity contribution >= 4 is 18.3 Å². The quantitative estimate of drug-likeness (QED) is 0.903. The molecule has 0 aromatic heterocycles. The first-order valence-corrected chi connectivity index (χ1v) is 8.84. The Morgan fingerprint density at radius 2 is 1.71 bits per heavy atom. The van der Waals surface area contributed by atoms with Gasteiger partial charge >= 0.3 is 0 Å². The Hall–Kier alpha value is -1.13. The van der Waals surface area contributed by atoms with Gasteiger partial charge in [-0.1, -0.05) is 12.1 Å². The summed E-state index contributed by atoms with van der Waals surface area (Å²) in [5.41, 5.74) is 7.25. The number of likely N-dealkylation sites (tertiary alicyclic amines) is 1. The van der Waals surface area contributed by atoms with Crippen LogP contribution in [0.4, 0.5) is 4.39 Å². The lowest BCUT2D eigenvalue weighted by molar-refractivity contribution is -0.138. The van der Waals surface area contributed by atoms with E-state index in [1.54, 1.807) is 12.1 Å². The van der Waals surface area contributed by atoms with Gasteiger partial charge in [-0.3, -0.25) is 4.79 Å². The molecule has 2 N–H and O–H groups in total. The monoisotopic (exact) mass is 352 g/mol. The minimum Gasteiger partial charge on any atom is -0.342 e. The molecule has 24 heavy (non-hydrogen) atoms. The molecule has 0 spiro atoms. The minimum atomic E-state index is -0.220. The van der Waals surface area contributed by atoms with E-state index in [-0.39, 0.29) is 29.2 Å². The van der Waals surface area contributed by atoms with E-state index in [1.165, 1.54) is 12.1 Å². The third-order valence-electron chi connectivity index (χ3n) is 6.19. The van der Waals surface area contributed by atoms with E-state index in [4.69, 9.17) is 5.73 Å². The lowest BCUT2D eigenvalue weighted by Gasteiger charge is -2.37. The SMILES string of the molecule is Cl.NC1(C2CCN(C(=O)C3(Cc4ccc(F)cc4)CC3)CC2)CC1. The number of rotatable bonds is 4. The number of halogens is 2. The molecule has 0 atom stereocenters. The molecule has 5 heteroatoms. The number of nitrogens with zero attached hydrogens (tertiary/aromatic N) is 1. The number of piperidine rings is 1. The van der Waals surface area contributed by atoms with Gasteiger partial charge in [0.2, 0.25) is 5.91 Å². The summed E-state index contributed by atoms with van der Waals surface area (Å²) in [4.78, 5) is 15.0. The Bertz CT molecular complexity index is 602. The molecule has 0 bridgehead atoms. The van der Waals surface area contributed by atoms with Crippen LogP contribution in [0.1, 0.15) is 44.1 Å². The van der Waals surface area contributed by atoms with Gasteiger partial charge < -0.3 is 10.6 Å². The second-order valence-corrected chi connectivity index (χ2v) is 7.88. The van der Waals surface area contributed by atoms with Crippen LogP contribution >= 0.6 is 12.4 Å². The van der Waals surface area contributed by atoms with Crippen molar-refractivity contribution in [2.24, 2.45) is 17.1 Å². The van der Waals surface area contributed by atoms with Gasteiger partial charge in [-0.25, -0.2) is 4.39 Å². The average Bonchev–Trinajstić information content (AvgIpc) is 3.48. The molecule has 1 aromatic carbocycles. The number of carbonyl (C=O) groups excluding carboxylic acids is 1. The maximum Gasteiger partial charge on any atom is 0.229 e. The summed E-state index contributed by atoms with van der Waals surface area (Å²) in [7, 11) is 0. The standard InChI is InChI=1S/C19H25FN2O.ClH/c20-16-3-1-14(2-4-16)13-18(7-8-18)17(23)22-11-5-15(6-12-22)19(21)9-10-19;/h1-4,15H,5-13,21H2;1H. The Kier molecular flexibility index (Phi) is 4.65. The fourth-order valence-electron chi connectivity index (χ4n) is 4.16. The summed E-state index contributed by atoms with van der Waals surface area (Å²) in [5, 5.41) is 0. The average molecular weight is 353 g/mol. The van der Waals surface area contributed by atoms with Crippen LogP contribution in [0.15, 0.2) is 24.3 Å². The van der Waals surface area contributed by atoms with Crippen LogP contribution in [0.2, 0.25) is 0 Å². The van der Waals surface area contributed by atoms with Crippen LogP contribution in [0.5, 0.6) is 0 Å². The van der Waals surface area contributed by atoms with Crippen LogP contribution in [-0.4, -0.2) is 29.4 Å². The number of benzene rings is 1.